The minimum absolute atomic E-state index is 0.0123. The molecule has 0 aliphatic rings. The van der Waals surface area contributed by atoms with Gasteiger partial charge < -0.3 is 14.6 Å². The number of hydrogen-bond acceptors (Lipinski definition) is 5. The van der Waals surface area contributed by atoms with E-state index in [2.05, 4.69) is 0 Å². The molecule has 0 aliphatic heterocycles. The highest BCUT2D eigenvalue weighted by atomic mass is 16.5. The van der Waals surface area contributed by atoms with Crippen molar-refractivity contribution in [1.82, 2.24) is 5.43 Å². The minimum Gasteiger partial charge on any atom is -0.478 e. The first-order chi connectivity index (χ1) is 8.72. The van der Waals surface area contributed by atoms with E-state index in [1.165, 1.54) is 7.11 Å². The number of nitrogens with two attached hydrogens (primary N) is 1. The van der Waals surface area contributed by atoms with Crippen molar-refractivity contribution in [1.29, 1.82) is 0 Å². The Labute approximate surface area is 106 Å². The Morgan fingerprint density at radius 2 is 2.22 bits per heavy atom. The second kappa shape index (κ2) is 7.65. The molecule has 1 rings (SSSR count). The predicted octanol–water partition coefficient (Wildman–Crippen LogP) is -0.395. The van der Waals surface area contributed by atoms with E-state index in [4.69, 9.17) is 20.4 Å². The molecule has 0 radical (unpaired) electrons. The van der Waals surface area contributed by atoms with Gasteiger partial charge in [-0.25, -0.2) is 5.84 Å². The fourth-order valence-electron chi connectivity index (χ4n) is 1.51. The van der Waals surface area contributed by atoms with Gasteiger partial charge in [0.05, 0.1) is 6.61 Å². The topological polar surface area (TPSA) is 93.8 Å². The SMILES string of the molecule is COCC(Oc1ccccc1CCO)C(=O)NN. The van der Waals surface area contributed by atoms with Gasteiger partial charge in [-0.2, -0.15) is 0 Å². The predicted molar refractivity (Wildman–Crippen MR) is 65.9 cm³/mol. The average Bonchev–Trinajstić information content (AvgIpc) is 2.39. The van der Waals surface area contributed by atoms with Gasteiger partial charge in [0.15, 0.2) is 0 Å². The number of aliphatic hydroxyl groups is 1. The summed E-state index contributed by atoms with van der Waals surface area (Å²) in [4.78, 5) is 11.5. The van der Waals surface area contributed by atoms with Gasteiger partial charge in [-0.3, -0.25) is 10.2 Å². The molecular weight excluding hydrogens is 236 g/mol. The molecule has 1 amide bonds. The van der Waals surface area contributed by atoms with Gasteiger partial charge in [-0.15, -0.1) is 0 Å². The number of carbonyl (C=O) groups is 1. The lowest BCUT2D eigenvalue weighted by molar-refractivity contribution is -0.130. The van der Waals surface area contributed by atoms with Crippen LogP contribution in [-0.2, 0) is 16.0 Å². The molecule has 100 valence electrons. The normalized spacial score (nSPS) is 11.9. The quantitative estimate of drug-likeness (QED) is 0.350. The van der Waals surface area contributed by atoms with Gasteiger partial charge in [-0.1, -0.05) is 18.2 Å². The third kappa shape index (κ3) is 3.99. The second-order valence-corrected chi connectivity index (χ2v) is 3.65. The van der Waals surface area contributed by atoms with Crippen molar-refractivity contribution in [2.45, 2.75) is 12.5 Å². The molecule has 1 aromatic rings. The molecule has 1 unspecified atom stereocenters. The van der Waals surface area contributed by atoms with E-state index < -0.39 is 12.0 Å². The number of hydrazine groups is 1. The van der Waals surface area contributed by atoms with E-state index in [0.717, 1.165) is 5.56 Å². The van der Waals surface area contributed by atoms with Crippen LogP contribution in [0.15, 0.2) is 24.3 Å². The molecule has 0 aliphatic carbocycles. The van der Waals surface area contributed by atoms with Gasteiger partial charge in [0.25, 0.3) is 5.91 Å². The maximum Gasteiger partial charge on any atom is 0.277 e. The number of rotatable bonds is 7. The smallest absolute Gasteiger partial charge is 0.277 e. The van der Waals surface area contributed by atoms with Crippen molar-refractivity contribution < 1.29 is 19.4 Å². The zero-order valence-corrected chi connectivity index (χ0v) is 10.3. The molecule has 1 atom stereocenters. The number of nitrogens with one attached hydrogen (secondary N) is 1. The van der Waals surface area contributed by atoms with Crippen molar-refractivity contribution in [2.24, 2.45) is 5.84 Å². The summed E-state index contributed by atoms with van der Waals surface area (Å²) in [7, 11) is 1.47. The summed E-state index contributed by atoms with van der Waals surface area (Å²) in [5.41, 5.74) is 2.85. The molecule has 0 fully saturated rings. The third-order valence-corrected chi connectivity index (χ3v) is 2.38. The van der Waals surface area contributed by atoms with Crippen LogP contribution in [0.5, 0.6) is 5.75 Å². The number of para-hydroxylation sites is 1. The van der Waals surface area contributed by atoms with Crippen LogP contribution in [0, 0.1) is 0 Å². The highest BCUT2D eigenvalue weighted by molar-refractivity contribution is 5.80. The monoisotopic (exact) mass is 254 g/mol. The largest absolute Gasteiger partial charge is 0.478 e. The van der Waals surface area contributed by atoms with Gasteiger partial charge in [0.2, 0.25) is 6.10 Å². The minimum atomic E-state index is -0.820. The molecule has 0 bridgehead atoms. The fraction of sp³-hybridized carbons (Fsp3) is 0.417. The summed E-state index contributed by atoms with van der Waals surface area (Å²) < 4.78 is 10.5. The van der Waals surface area contributed by atoms with E-state index in [1.807, 2.05) is 17.6 Å². The highest BCUT2D eigenvalue weighted by Crippen LogP contribution is 2.19. The second-order valence-electron chi connectivity index (χ2n) is 3.65. The maximum absolute atomic E-state index is 11.5. The van der Waals surface area contributed by atoms with Crippen LogP contribution < -0.4 is 16.0 Å². The van der Waals surface area contributed by atoms with Crippen LogP contribution in [0.1, 0.15) is 5.56 Å². The molecule has 0 heterocycles. The molecule has 18 heavy (non-hydrogen) atoms. The number of hydrogen-bond donors (Lipinski definition) is 3. The summed E-state index contributed by atoms with van der Waals surface area (Å²) in [5.74, 6) is 5.16. The lowest BCUT2D eigenvalue weighted by atomic mass is 10.1. The van der Waals surface area contributed by atoms with Crippen LogP contribution >= 0.6 is 0 Å². The molecule has 0 saturated heterocycles. The Balaban J connectivity index is 2.82. The van der Waals surface area contributed by atoms with Crippen LogP contribution in [-0.4, -0.2) is 37.4 Å². The highest BCUT2D eigenvalue weighted by Gasteiger charge is 2.20. The van der Waals surface area contributed by atoms with Gasteiger partial charge in [0, 0.05) is 13.7 Å². The molecule has 4 N–H and O–H groups in total. The zero-order chi connectivity index (χ0) is 13.4. The van der Waals surface area contributed by atoms with Crippen LogP contribution in [0.25, 0.3) is 0 Å². The summed E-state index contributed by atoms with van der Waals surface area (Å²) in [6, 6.07) is 7.19. The average molecular weight is 254 g/mol. The Kier molecular flexibility index (Phi) is 6.13. The van der Waals surface area contributed by atoms with Crippen LogP contribution in [0.2, 0.25) is 0 Å². The first-order valence-electron chi connectivity index (χ1n) is 5.57. The number of carbonyl (C=O) groups excluding carboxylic acids is 1. The molecule has 6 heteroatoms. The first-order valence-corrected chi connectivity index (χ1v) is 5.57. The summed E-state index contributed by atoms with van der Waals surface area (Å²) in [5, 5.41) is 8.96. The molecular formula is C12H18N2O4. The van der Waals surface area contributed by atoms with Crippen molar-refractivity contribution >= 4 is 5.91 Å². The number of ether oxygens (including phenoxy) is 2. The van der Waals surface area contributed by atoms with Crippen molar-refractivity contribution in [3.05, 3.63) is 29.8 Å². The lowest BCUT2D eigenvalue weighted by Crippen LogP contribution is -2.44. The first kappa shape index (κ1) is 14.4. The van der Waals surface area contributed by atoms with Gasteiger partial charge >= 0.3 is 0 Å². The molecule has 0 aromatic heterocycles. The van der Waals surface area contributed by atoms with Crippen LogP contribution in [0.4, 0.5) is 0 Å². The summed E-state index contributed by atoms with van der Waals surface area (Å²) in [6.45, 7) is 0.106. The van der Waals surface area contributed by atoms with E-state index >= 15 is 0 Å². The number of methoxy groups -OCH3 is 1. The third-order valence-electron chi connectivity index (χ3n) is 2.38. The summed E-state index contributed by atoms with van der Waals surface area (Å²) in [6.07, 6.45) is -0.361. The van der Waals surface area contributed by atoms with Crippen molar-refractivity contribution in [3.63, 3.8) is 0 Å². The summed E-state index contributed by atoms with van der Waals surface area (Å²) >= 11 is 0. The number of benzene rings is 1. The number of aliphatic hydroxyl groups excluding tert-OH is 1. The van der Waals surface area contributed by atoms with E-state index in [9.17, 15) is 4.79 Å². The maximum atomic E-state index is 11.5. The Bertz CT molecular complexity index is 384. The number of amides is 1. The van der Waals surface area contributed by atoms with Gasteiger partial charge in [-0.05, 0) is 18.1 Å². The van der Waals surface area contributed by atoms with Crippen LogP contribution in [0.3, 0.4) is 0 Å². The van der Waals surface area contributed by atoms with Crippen molar-refractivity contribution in [2.75, 3.05) is 20.3 Å². The Morgan fingerprint density at radius 1 is 1.50 bits per heavy atom. The molecule has 0 spiro atoms. The molecule has 0 saturated carbocycles. The Hall–Kier alpha value is -1.63. The standard InChI is InChI=1S/C12H18N2O4/c1-17-8-11(12(16)14-13)18-10-5-3-2-4-9(10)6-7-15/h2-5,11,15H,6-8,13H2,1H3,(H,14,16). The fourth-order valence-corrected chi connectivity index (χ4v) is 1.51. The Morgan fingerprint density at radius 3 is 2.83 bits per heavy atom. The van der Waals surface area contributed by atoms with Gasteiger partial charge in [0.1, 0.15) is 5.75 Å². The zero-order valence-electron chi connectivity index (χ0n) is 10.3. The molecule has 1 aromatic carbocycles. The van der Waals surface area contributed by atoms with E-state index in [1.54, 1.807) is 12.1 Å². The lowest BCUT2D eigenvalue weighted by Gasteiger charge is -2.18. The molecule has 6 nitrogen and oxygen atoms in total. The van der Waals surface area contributed by atoms with E-state index in [-0.39, 0.29) is 13.2 Å². The van der Waals surface area contributed by atoms with Crippen molar-refractivity contribution in [3.8, 4) is 5.75 Å². The van der Waals surface area contributed by atoms with E-state index in [0.29, 0.717) is 12.2 Å².